The monoisotopic (exact) mass is 421 g/mol. The number of amides is 2. The van der Waals surface area contributed by atoms with E-state index in [1.807, 2.05) is 19.1 Å². The van der Waals surface area contributed by atoms with Crippen LogP contribution in [0, 0.1) is 6.92 Å². The standard InChI is InChI=1S/C22H23N5O4/c1-4-31-18-13-9-8-10-16(18)14-23-25-21(29)20(28)24-19-15(2)26(3)27(22(19)30)17-11-6-5-7-12-17/h5-14H,4H2,1-3H3,(H,24,28)(H,25,29). The number of nitrogens with one attached hydrogen (secondary N) is 2. The molecule has 0 aliphatic heterocycles. The number of hydrazone groups is 1. The summed E-state index contributed by atoms with van der Waals surface area (Å²) in [5.74, 6) is -1.39. The number of ether oxygens (including phenoxy) is 1. The number of rotatable bonds is 6. The SMILES string of the molecule is CCOc1ccccc1C=NNC(=O)C(=O)Nc1c(C)n(C)n(-c2ccccc2)c1=O. The van der Waals surface area contributed by atoms with Crippen LogP contribution in [0.15, 0.2) is 64.5 Å². The van der Waals surface area contributed by atoms with Crippen LogP contribution in [-0.4, -0.2) is 34.0 Å². The molecule has 0 spiro atoms. The van der Waals surface area contributed by atoms with Crippen molar-refractivity contribution in [1.29, 1.82) is 0 Å². The maximum absolute atomic E-state index is 12.8. The average molecular weight is 421 g/mol. The third kappa shape index (κ3) is 4.72. The Hall–Kier alpha value is -4.14. The molecule has 1 aromatic heterocycles. The summed E-state index contributed by atoms with van der Waals surface area (Å²) in [4.78, 5) is 37.3. The summed E-state index contributed by atoms with van der Waals surface area (Å²) >= 11 is 0. The van der Waals surface area contributed by atoms with Crippen LogP contribution < -0.4 is 21.0 Å². The summed E-state index contributed by atoms with van der Waals surface area (Å²) in [5.41, 5.74) is 3.53. The van der Waals surface area contributed by atoms with E-state index < -0.39 is 17.4 Å². The van der Waals surface area contributed by atoms with Gasteiger partial charge in [-0.3, -0.25) is 19.1 Å². The largest absolute Gasteiger partial charge is 0.493 e. The van der Waals surface area contributed by atoms with E-state index in [1.54, 1.807) is 61.1 Å². The summed E-state index contributed by atoms with van der Waals surface area (Å²) in [7, 11) is 1.69. The van der Waals surface area contributed by atoms with Crippen molar-refractivity contribution in [1.82, 2.24) is 14.8 Å². The molecule has 160 valence electrons. The smallest absolute Gasteiger partial charge is 0.329 e. The Kier molecular flexibility index (Phi) is 6.66. The highest BCUT2D eigenvalue weighted by atomic mass is 16.5. The van der Waals surface area contributed by atoms with Gasteiger partial charge < -0.3 is 10.1 Å². The fourth-order valence-corrected chi connectivity index (χ4v) is 2.97. The van der Waals surface area contributed by atoms with Crippen molar-refractivity contribution >= 4 is 23.7 Å². The Morgan fingerprint density at radius 1 is 1.06 bits per heavy atom. The normalized spacial score (nSPS) is 10.8. The molecule has 1 heterocycles. The Labute approximate surface area is 178 Å². The molecule has 2 aromatic carbocycles. The molecule has 0 saturated heterocycles. The van der Waals surface area contributed by atoms with E-state index in [1.165, 1.54) is 10.9 Å². The zero-order valence-corrected chi connectivity index (χ0v) is 17.5. The van der Waals surface area contributed by atoms with Gasteiger partial charge in [0.25, 0.3) is 5.56 Å². The lowest BCUT2D eigenvalue weighted by Crippen LogP contribution is -2.34. The van der Waals surface area contributed by atoms with E-state index in [2.05, 4.69) is 15.8 Å². The topological polar surface area (TPSA) is 107 Å². The van der Waals surface area contributed by atoms with E-state index in [0.29, 0.717) is 29.3 Å². The predicted octanol–water partition coefficient (Wildman–Crippen LogP) is 1.97. The van der Waals surface area contributed by atoms with Crippen LogP contribution in [0.4, 0.5) is 5.69 Å². The second-order valence-electron chi connectivity index (χ2n) is 6.56. The minimum atomic E-state index is -1.00. The van der Waals surface area contributed by atoms with Crippen molar-refractivity contribution in [3.8, 4) is 11.4 Å². The summed E-state index contributed by atoms with van der Waals surface area (Å²) in [6.45, 7) is 4.02. The van der Waals surface area contributed by atoms with Gasteiger partial charge in [-0.25, -0.2) is 10.1 Å². The maximum Gasteiger partial charge on any atom is 0.329 e. The quantitative estimate of drug-likeness (QED) is 0.360. The summed E-state index contributed by atoms with van der Waals surface area (Å²) in [5, 5.41) is 6.19. The molecule has 3 rings (SSSR count). The highest BCUT2D eigenvalue weighted by molar-refractivity contribution is 6.39. The highest BCUT2D eigenvalue weighted by Gasteiger charge is 2.21. The third-order valence-corrected chi connectivity index (χ3v) is 4.59. The van der Waals surface area contributed by atoms with Gasteiger partial charge in [0.1, 0.15) is 11.4 Å². The lowest BCUT2D eigenvalue weighted by atomic mass is 10.2. The molecular weight excluding hydrogens is 398 g/mol. The Bertz CT molecular complexity index is 1180. The first kappa shape index (κ1) is 21.6. The molecule has 9 nitrogen and oxygen atoms in total. The van der Waals surface area contributed by atoms with Gasteiger partial charge in [0.2, 0.25) is 0 Å². The predicted molar refractivity (Wildman–Crippen MR) is 118 cm³/mol. The van der Waals surface area contributed by atoms with E-state index in [9.17, 15) is 14.4 Å². The van der Waals surface area contributed by atoms with Crippen molar-refractivity contribution < 1.29 is 14.3 Å². The van der Waals surface area contributed by atoms with Crippen molar-refractivity contribution in [3.05, 3.63) is 76.2 Å². The molecule has 0 aliphatic rings. The average Bonchev–Trinajstić information content (AvgIpc) is 2.98. The number of carbonyl (C=O) groups excluding carboxylic acids is 2. The van der Waals surface area contributed by atoms with Gasteiger partial charge in [0.15, 0.2) is 0 Å². The first-order valence-electron chi connectivity index (χ1n) is 9.64. The van der Waals surface area contributed by atoms with Crippen LogP contribution in [0.1, 0.15) is 18.2 Å². The minimum absolute atomic E-state index is 0.0252. The summed E-state index contributed by atoms with van der Waals surface area (Å²) in [6.07, 6.45) is 1.38. The molecule has 3 aromatic rings. The van der Waals surface area contributed by atoms with Gasteiger partial charge in [0, 0.05) is 12.6 Å². The number of hydrogen-bond acceptors (Lipinski definition) is 5. The van der Waals surface area contributed by atoms with E-state index in [-0.39, 0.29) is 5.69 Å². The lowest BCUT2D eigenvalue weighted by molar-refractivity contribution is -0.136. The van der Waals surface area contributed by atoms with Crippen molar-refractivity contribution in [3.63, 3.8) is 0 Å². The number of aromatic nitrogens is 2. The molecular formula is C22H23N5O4. The van der Waals surface area contributed by atoms with Gasteiger partial charge in [-0.1, -0.05) is 30.3 Å². The Morgan fingerprint density at radius 2 is 1.74 bits per heavy atom. The number of benzene rings is 2. The first-order valence-corrected chi connectivity index (χ1v) is 9.64. The molecule has 0 radical (unpaired) electrons. The van der Waals surface area contributed by atoms with Crippen molar-refractivity contribution in [2.24, 2.45) is 12.1 Å². The fourth-order valence-electron chi connectivity index (χ4n) is 2.97. The minimum Gasteiger partial charge on any atom is -0.493 e. The van der Waals surface area contributed by atoms with E-state index >= 15 is 0 Å². The second-order valence-corrected chi connectivity index (χ2v) is 6.56. The zero-order chi connectivity index (χ0) is 22.4. The Balaban J connectivity index is 1.72. The van der Waals surface area contributed by atoms with Crippen LogP contribution in [-0.2, 0) is 16.6 Å². The van der Waals surface area contributed by atoms with Crippen LogP contribution in [0.25, 0.3) is 5.69 Å². The third-order valence-electron chi connectivity index (χ3n) is 4.59. The zero-order valence-electron chi connectivity index (χ0n) is 17.5. The highest BCUT2D eigenvalue weighted by Crippen LogP contribution is 2.16. The van der Waals surface area contributed by atoms with Gasteiger partial charge in [-0.05, 0) is 38.1 Å². The number of nitrogens with zero attached hydrogens (tertiary/aromatic N) is 3. The molecule has 0 saturated carbocycles. The van der Waals surface area contributed by atoms with Crippen molar-refractivity contribution in [2.75, 3.05) is 11.9 Å². The number of anilines is 1. The van der Waals surface area contributed by atoms with Crippen molar-refractivity contribution in [2.45, 2.75) is 13.8 Å². The maximum atomic E-state index is 12.8. The van der Waals surface area contributed by atoms with E-state index in [4.69, 9.17) is 4.74 Å². The molecule has 0 atom stereocenters. The molecule has 0 fully saturated rings. The van der Waals surface area contributed by atoms with Gasteiger partial charge in [-0.2, -0.15) is 5.10 Å². The van der Waals surface area contributed by atoms with E-state index in [0.717, 1.165) is 0 Å². The fraction of sp³-hybridized carbons (Fsp3) is 0.182. The molecule has 0 bridgehead atoms. The number of para-hydroxylation sites is 2. The molecule has 2 N–H and O–H groups in total. The van der Waals surface area contributed by atoms with Gasteiger partial charge >= 0.3 is 11.8 Å². The van der Waals surface area contributed by atoms with Gasteiger partial charge in [0.05, 0.1) is 24.2 Å². The molecule has 0 aliphatic carbocycles. The Morgan fingerprint density at radius 3 is 2.45 bits per heavy atom. The summed E-state index contributed by atoms with van der Waals surface area (Å²) in [6, 6.07) is 16.1. The van der Waals surface area contributed by atoms with Gasteiger partial charge in [-0.15, -0.1) is 0 Å². The second kappa shape index (κ2) is 9.57. The van der Waals surface area contributed by atoms with Crippen LogP contribution in [0.3, 0.4) is 0 Å². The summed E-state index contributed by atoms with van der Waals surface area (Å²) < 4.78 is 8.49. The first-order chi connectivity index (χ1) is 14.9. The van der Waals surface area contributed by atoms with Crippen LogP contribution in [0.2, 0.25) is 0 Å². The molecule has 2 amide bonds. The number of hydrogen-bond donors (Lipinski definition) is 2. The lowest BCUT2D eigenvalue weighted by Gasteiger charge is -2.07. The number of carbonyl (C=O) groups is 2. The molecule has 0 unspecified atom stereocenters. The van der Waals surface area contributed by atoms with Crippen LogP contribution >= 0.6 is 0 Å². The molecule has 31 heavy (non-hydrogen) atoms. The molecule has 9 heteroatoms. The van der Waals surface area contributed by atoms with Crippen LogP contribution in [0.5, 0.6) is 5.75 Å².